The normalized spacial score (nSPS) is 16.9. The van der Waals surface area contributed by atoms with Crippen molar-refractivity contribution >= 4 is 5.95 Å². The third-order valence-corrected chi connectivity index (χ3v) is 4.60. The zero-order valence-corrected chi connectivity index (χ0v) is 14.6. The number of nitrogens with one attached hydrogen (secondary N) is 3. The average Bonchev–Trinajstić information content (AvgIpc) is 2.61. The van der Waals surface area contributed by atoms with Gasteiger partial charge in [0.2, 0.25) is 5.95 Å². The van der Waals surface area contributed by atoms with Gasteiger partial charge in [-0.3, -0.25) is 4.98 Å². The molecule has 2 heterocycles. The molecule has 146 valence electrons. The van der Waals surface area contributed by atoms with Gasteiger partial charge in [-0.1, -0.05) is 12.1 Å². The second kappa shape index (κ2) is 7.55. The van der Waals surface area contributed by atoms with E-state index in [1.807, 2.05) is 0 Å². The fourth-order valence-corrected chi connectivity index (χ4v) is 3.15. The summed E-state index contributed by atoms with van der Waals surface area (Å²) in [4.78, 5) is 31.0. The van der Waals surface area contributed by atoms with Crippen LogP contribution in [0.5, 0.6) is 0 Å². The molecule has 3 rings (SSSR count). The summed E-state index contributed by atoms with van der Waals surface area (Å²) >= 11 is 0. The number of anilines is 1. The molecule has 27 heavy (non-hydrogen) atoms. The first-order valence-corrected chi connectivity index (χ1v) is 8.63. The summed E-state index contributed by atoms with van der Waals surface area (Å²) in [6.45, 7) is 3.04. The van der Waals surface area contributed by atoms with Gasteiger partial charge in [0.25, 0.3) is 0 Å². The highest BCUT2D eigenvalue weighted by atomic mass is 19.4. The SMILES string of the molecule is CC(Nc1nc(=O)n(C2CCNCC2)c(=O)[nH]1)c1cccc(C(F)(F)F)c1. The van der Waals surface area contributed by atoms with E-state index >= 15 is 0 Å². The molecule has 3 N–H and O–H groups in total. The molecule has 0 bridgehead atoms. The van der Waals surface area contributed by atoms with E-state index in [9.17, 15) is 22.8 Å². The summed E-state index contributed by atoms with van der Waals surface area (Å²) in [6, 6.07) is 4.03. The van der Waals surface area contributed by atoms with Gasteiger partial charge in [-0.2, -0.15) is 18.2 Å². The van der Waals surface area contributed by atoms with E-state index in [0.717, 1.165) is 16.7 Å². The van der Waals surface area contributed by atoms with E-state index in [2.05, 4.69) is 20.6 Å². The molecule has 0 radical (unpaired) electrons. The highest BCUT2D eigenvalue weighted by Gasteiger charge is 2.30. The van der Waals surface area contributed by atoms with Crippen LogP contribution in [0.15, 0.2) is 33.9 Å². The summed E-state index contributed by atoms with van der Waals surface area (Å²) in [6.07, 6.45) is -3.15. The van der Waals surface area contributed by atoms with Gasteiger partial charge in [-0.05, 0) is 50.6 Å². The first-order chi connectivity index (χ1) is 12.8. The van der Waals surface area contributed by atoms with Crippen LogP contribution in [0, 0.1) is 0 Å². The van der Waals surface area contributed by atoms with Crippen LogP contribution < -0.4 is 22.0 Å². The number of hydrogen-bond donors (Lipinski definition) is 3. The number of nitrogens with zero attached hydrogens (tertiary/aromatic N) is 2. The Balaban J connectivity index is 1.82. The van der Waals surface area contributed by atoms with Crippen LogP contribution in [0.3, 0.4) is 0 Å². The summed E-state index contributed by atoms with van der Waals surface area (Å²) in [5, 5.41) is 5.94. The lowest BCUT2D eigenvalue weighted by Gasteiger charge is -2.23. The molecular formula is C17H20F3N5O2. The van der Waals surface area contributed by atoms with Gasteiger partial charge in [0.1, 0.15) is 0 Å². The minimum atomic E-state index is -4.45. The quantitative estimate of drug-likeness (QED) is 0.752. The van der Waals surface area contributed by atoms with Crippen molar-refractivity contribution in [2.45, 2.75) is 38.0 Å². The molecule has 1 aliphatic rings. The number of benzene rings is 1. The van der Waals surface area contributed by atoms with Gasteiger partial charge in [0.05, 0.1) is 11.6 Å². The largest absolute Gasteiger partial charge is 0.416 e. The van der Waals surface area contributed by atoms with Crippen molar-refractivity contribution in [1.82, 2.24) is 19.9 Å². The molecule has 1 aromatic heterocycles. The van der Waals surface area contributed by atoms with E-state index in [-0.39, 0.29) is 12.0 Å². The second-order valence-electron chi connectivity index (χ2n) is 6.51. The summed E-state index contributed by atoms with van der Waals surface area (Å²) in [7, 11) is 0. The highest BCUT2D eigenvalue weighted by Crippen LogP contribution is 2.31. The molecule has 10 heteroatoms. The Labute approximate surface area is 152 Å². The summed E-state index contributed by atoms with van der Waals surface area (Å²) < 4.78 is 39.7. The van der Waals surface area contributed by atoms with E-state index in [1.165, 1.54) is 12.1 Å². The van der Waals surface area contributed by atoms with Crippen LogP contribution in [0.2, 0.25) is 0 Å². The summed E-state index contributed by atoms with van der Waals surface area (Å²) in [5.74, 6) is -0.0694. The minimum Gasteiger partial charge on any atom is -0.349 e. The number of alkyl halides is 3. The number of halogens is 3. The Morgan fingerprint density at radius 3 is 2.59 bits per heavy atom. The Morgan fingerprint density at radius 2 is 1.96 bits per heavy atom. The zero-order chi connectivity index (χ0) is 19.6. The summed E-state index contributed by atoms with van der Waals surface area (Å²) in [5.41, 5.74) is -1.67. The van der Waals surface area contributed by atoms with Crippen molar-refractivity contribution < 1.29 is 13.2 Å². The first-order valence-electron chi connectivity index (χ1n) is 8.63. The molecule has 0 saturated carbocycles. The Hall–Kier alpha value is -2.62. The van der Waals surface area contributed by atoms with Crippen LogP contribution in [0.1, 0.15) is 43.0 Å². The second-order valence-corrected chi connectivity index (χ2v) is 6.51. The molecule has 0 spiro atoms. The zero-order valence-electron chi connectivity index (χ0n) is 14.6. The minimum absolute atomic E-state index is 0.0694. The van der Waals surface area contributed by atoms with Crippen molar-refractivity contribution in [3.05, 3.63) is 56.4 Å². The molecule has 1 fully saturated rings. The number of piperidine rings is 1. The number of rotatable bonds is 4. The fourth-order valence-electron chi connectivity index (χ4n) is 3.15. The smallest absolute Gasteiger partial charge is 0.349 e. The standard InChI is InChI=1S/C17H20F3N5O2/c1-10(11-3-2-4-12(9-11)17(18,19)20)22-14-23-15(26)25(16(27)24-14)13-5-7-21-8-6-13/h2-4,9-10,13,21H,5-8H2,1H3,(H2,22,23,24,26,27). The molecule has 2 aromatic rings. The third kappa shape index (κ3) is 4.38. The van der Waals surface area contributed by atoms with E-state index < -0.39 is 29.2 Å². The van der Waals surface area contributed by atoms with Gasteiger partial charge in [-0.15, -0.1) is 0 Å². The molecule has 1 saturated heterocycles. The van der Waals surface area contributed by atoms with Gasteiger partial charge in [-0.25, -0.2) is 14.2 Å². The third-order valence-electron chi connectivity index (χ3n) is 4.60. The van der Waals surface area contributed by atoms with Crippen LogP contribution in [0.25, 0.3) is 0 Å². The van der Waals surface area contributed by atoms with Gasteiger partial charge >= 0.3 is 17.6 Å². The van der Waals surface area contributed by atoms with Crippen molar-refractivity contribution in [1.29, 1.82) is 0 Å². The van der Waals surface area contributed by atoms with Crippen LogP contribution in [0.4, 0.5) is 19.1 Å². The maximum atomic E-state index is 12.9. The molecular weight excluding hydrogens is 363 g/mol. The lowest BCUT2D eigenvalue weighted by atomic mass is 10.1. The van der Waals surface area contributed by atoms with E-state index in [0.29, 0.717) is 31.5 Å². The topological polar surface area (TPSA) is 91.8 Å². The van der Waals surface area contributed by atoms with Gasteiger partial charge in [0.15, 0.2) is 0 Å². The van der Waals surface area contributed by atoms with E-state index in [4.69, 9.17) is 0 Å². The van der Waals surface area contributed by atoms with Gasteiger partial charge < -0.3 is 10.6 Å². The van der Waals surface area contributed by atoms with Crippen molar-refractivity contribution in [2.75, 3.05) is 18.4 Å². The molecule has 0 amide bonds. The van der Waals surface area contributed by atoms with Crippen LogP contribution in [-0.4, -0.2) is 27.6 Å². The predicted molar refractivity (Wildman–Crippen MR) is 93.7 cm³/mol. The number of aromatic amines is 1. The average molecular weight is 383 g/mol. The lowest BCUT2D eigenvalue weighted by molar-refractivity contribution is -0.137. The molecule has 0 aliphatic carbocycles. The lowest BCUT2D eigenvalue weighted by Crippen LogP contribution is -2.43. The van der Waals surface area contributed by atoms with Crippen molar-refractivity contribution in [3.63, 3.8) is 0 Å². The van der Waals surface area contributed by atoms with Crippen LogP contribution >= 0.6 is 0 Å². The molecule has 7 nitrogen and oxygen atoms in total. The molecule has 1 unspecified atom stereocenters. The monoisotopic (exact) mass is 383 g/mol. The van der Waals surface area contributed by atoms with Crippen molar-refractivity contribution in [3.8, 4) is 0 Å². The number of hydrogen-bond acceptors (Lipinski definition) is 5. The predicted octanol–water partition coefficient (Wildman–Crippen LogP) is 2.05. The van der Waals surface area contributed by atoms with E-state index in [1.54, 1.807) is 6.92 Å². The Kier molecular flexibility index (Phi) is 5.36. The van der Waals surface area contributed by atoms with Crippen molar-refractivity contribution in [2.24, 2.45) is 0 Å². The molecule has 1 aromatic carbocycles. The maximum absolute atomic E-state index is 12.9. The van der Waals surface area contributed by atoms with Crippen LogP contribution in [-0.2, 0) is 6.18 Å². The molecule has 1 aliphatic heterocycles. The maximum Gasteiger partial charge on any atom is 0.416 e. The number of H-pyrrole nitrogens is 1. The number of aromatic nitrogens is 3. The highest BCUT2D eigenvalue weighted by molar-refractivity contribution is 5.33. The first kappa shape index (κ1) is 19.2. The fraction of sp³-hybridized carbons (Fsp3) is 0.471. The van der Waals surface area contributed by atoms with Gasteiger partial charge in [0, 0.05) is 6.04 Å². The Bertz CT molecular complexity index is 885. The molecule has 1 atom stereocenters. The Morgan fingerprint density at radius 1 is 1.26 bits per heavy atom.